The van der Waals surface area contributed by atoms with Gasteiger partial charge in [-0.15, -0.1) is 0 Å². The zero-order valence-corrected chi connectivity index (χ0v) is 10.6. The summed E-state index contributed by atoms with van der Waals surface area (Å²) >= 11 is 0. The summed E-state index contributed by atoms with van der Waals surface area (Å²) in [5, 5.41) is 0. The smallest absolute Gasteiger partial charge is 0.305 e. The van der Waals surface area contributed by atoms with Crippen LogP contribution in [0.5, 0.6) is 5.75 Å². The lowest BCUT2D eigenvalue weighted by Crippen LogP contribution is -2.24. The van der Waals surface area contributed by atoms with Crippen LogP contribution in [0.4, 0.5) is 4.39 Å². The Morgan fingerprint density at radius 2 is 2.17 bits per heavy atom. The highest BCUT2D eigenvalue weighted by atomic mass is 19.1. The van der Waals surface area contributed by atoms with E-state index in [1.165, 1.54) is 20.3 Å². The van der Waals surface area contributed by atoms with Gasteiger partial charge in [0, 0.05) is 12.5 Å². The van der Waals surface area contributed by atoms with E-state index in [0.717, 1.165) is 5.56 Å². The van der Waals surface area contributed by atoms with Crippen molar-refractivity contribution in [1.29, 1.82) is 0 Å². The van der Waals surface area contributed by atoms with Crippen molar-refractivity contribution in [3.63, 3.8) is 0 Å². The third kappa shape index (κ3) is 4.33. The van der Waals surface area contributed by atoms with Gasteiger partial charge in [0.25, 0.3) is 0 Å². The van der Waals surface area contributed by atoms with Crippen molar-refractivity contribution in [1.82, 2.24) is 0 Å². The van der Waals surface area contributed by atoms with Gasteiger partial charge in [-0.2, -0.15) is 0 Å². The van der Waals surface area contributed by atoms with Gasteiger partial charge in [-0.3, -0.25) is 4.79 Å². The van der Waals surface area contributed by atoms with E-state index in [1.54, 1.807) is 12.1 Å². The molecule has 0 saturated heterocycles. The standard InChI is InChI=1S/C13H18FNO3/c1-17-12-5-3-9(8-11(12)14)7-10(15)4-6-13(16)18-2/h3,5,8,10H,4,6-7,15H2,1-2H3. The van der Waals surface area contributed by atoms with E-state index in [2.05, 4.69) is 4.74 Å². The molecular weight excluding hydrogens is 237 g/mol. The molecule has 1 aromatic carbocycles. The number of nitrogens with two attached hydrogens (primary N) is 1. The molecule has 0 aliphatic heterocycles. The fourth-order valence-electron chi connectivity index (χ4n) is 1.65. The Bertz CT molecular complexity index is 409. The molecule has 0 radical (unpaired) electrons. The molecule has 18 heavy (non-hydrogen) atoms. The van der Waals surface area contributed by atoms with E-state index in [1.807, 2.05) is 0 Å². The summed E-state index contributed by atoms with van der Waals surface area (Å²) in [4.78, 5) is 11.0. The van der Waals surface area contributed by atoms with Gasteiger partial charge in [0.2, 0.25) is 0 Å². The molecule has 0 amide bonds. The summed E-state index contributed by atoms with van der Waals surface area (Å²) in [5.74, 6) is -0.483. The van der Waals surface area contributed by atoms with E-state index in [4.69, 9.17) is 10.5 Å². The number of carbonyl (C=O) groups is 1. The zero-order valence-electron chi connectivity index (χ0n) is 10.6. The molecule has 0 heterocycles. The second-order valence-electron chi connectivity index (χ2n) is 4.05. The lowest BCUT2D eigenvalue weighted by molar-refractivity contribution is -0.140. The summed E-state index contributed by atoms with van der Waals surface area (Å²) in [5.41, 5.74) is 6.65. The van der Waals surface area contributed by atoms with Crippen molar-refractivity contribution in [3.05, 3.63) is 29.6 Å². The van der Waals surface area contributed by atoms with Gasteiger partial charge >= 0.3 is 5.97 Å². The summed E-state index contributed by atoms with van der Waals surface area (Å²) in [6.45, 7) is 0. The lowest BCUT2D eigenvalue weighted by atomic mass is 10.0. The van der Waals surface area contributed by atoms with Crippen molar-refractivity contribution < 1.29 is 18.7 Å². The maximum Gasteiger partial charge on any atom is 0.305 e. The highest BCUT2D eigenvalue weighted by Crippen LogP contribution is 2.18. The zero-order chi connectivity index (χ0) is 13.5. The molecule has 4 nitrogen and oxygen atoms in total. The van der Waals surface area contributed by atoms with Crippen LogP contribution in [-0.4, -0.2) is 26.2 Å². The minimum atomic E-state index is -0.407. The molecule has 100 valence electrons. The van der Waals surface area contributed by atoms with Gasteiger partial charge in [-0.1, -0.05) is 6.07 Å². The van der Waals surface area contributed by atoms with Crippen LogP contribution in [0.25, 0.3) is 0 Å². The number of rotatable bonds is 6. The molecule has 5 heteroatoms. The van der Waals surface area contributed by atoms with Crippen LogP contribution in [0.2, 0.25) is 0 Å². The molecule has 1 atom stereocenters. The molecule has 2 N–H and O–H groups in total. The highest BCUT2D eigenvalue weighted by molar-refractivity contribution is 5.69. The SMILES string of the molecule is COC(=O)CCC(N)Cc1ccc(OC)c(F)c1. The first-order chi connectivity index (χ1) is 8.56. The number of benzene rings is 1. The van der Waals surface area contributed by atoms with Gasteiger partial charge < -0.3 is 15.2 Å². The number of methoxy groups -OCH3 is 2. The van der Waals surface area contributed by atoms with E-state index in [0.29, 0.717) is 12.8 Å². The molecule has 1 rings (SSSR count). The average molecular weight is 255 g/mol. The Labute approximate surface area is 106 Å². The number of ether oxygens (including phenoxy) is 2. The van der Waals surface area contributed by atoms with Crippen LogP contribution in [0.15, 0.2) is 18.2 Å². The molecule has 1 aromatic rings. The Hall–Kier alpha value is -1.62. The number of halogens is 1. The number of hydrogen-bond donors (Lipinski definition) is 1. The topological polar surface area (TPSA) is 61.5 Å². The van der Waals surface area contributed by atoms with Crippen LogP contribution >= 0.6 is 0 Å². The van der Waals surface area contributed by atoms with Crippen LogP contribution in [-0.2, 0) is 16.0 Å². The minimum absolute atomic E-state index is 0.197. The van der Waals surface area contributed by atoms with Crippen molar-refractivity contribution in [2.45, 2.75) is 25.3 Å². The van der Waals surface area contributed by atoms with Crippen molar-refractivity contribution >= 4 is 5.97 Å². The molecule has 0 aliphatic carbocycles. The van der Waals surface area contributed by atoms with E-state index < -0.39 is 5.82 Å². The molecular formula is C13H18FNO3. The first kappa shape index (κ1) is 14.4. The minimum Gasteiger partial charge on any atom is -0.494 e. The predicted molar refractivity (Wildman–Crippen MR) is 65.9 cm³/mol. The van der Waals surface area contributed by atoms with E-state index in [9.17, 15) is 9.18 Å². The first-order valence-corrected chi connectivity index (χ1v) is 5.71. The summed E-state index contributed by atoms with van der Waals surface area (Å²) < 4.78 is 22.8. The maximum atomic E-state index is 13.4. The number of hydrogen-bond acceptors (Lipinski definition) is 4. The van der Waals surface area contributed by atoms with Crippen LogP contribution < -0.4 is 10.5 Å². The van der Waals surface area contributed by atoms with Crippen LogP contribution in [0, 0.1) is 5.82 Å². The molecule has 1 unspecified atom stereocenters. The molecule has 0 aliphatic rings. The molecule has 0 spiro atoms. The maximum absolute atomic E-state index is 13.4. The largest absolute Gasteiger partial charge is 0.494 e. The van der Waals surface area contributed by atoms with Crippen LogP contribution in [0.3, 0.4) is 0 Å². The van der Waals surface area contributed by atoms with Gasteiger partial charge in [0.1, 0.15) is 0 Å². The molecule has 0 bridgehead atoms. The molecule has 0 aromatic heterocycles. The Morgan fingerprint density at radius 3 is 2.72 bits per heavy atom. The lowest BCUT2D eigenvalue weighted by Gasteiger charge is -2.11. The number of carbonyl (C=O) groups excluding carboxylic acids is 1. The summed E-state index contributed by atoms with van der Waals surface area (Å²) in [7, 11) is 2.76. The Kier molecular flexibility index (Phi) is 5.58. The normalized spacial score (nSPS) is 12.0. The molecule has 0 saturated carbocycles. The third-order valence-electron chi connectivity index (χ3n) is 2.66. The first-order valence-electron chi connectivity index (χ1n) is 5.71. The Balaban J connectivity index is 2.51. The monoisotopic (exact) mass is 255 g/mol. The van der Waals surface area contributed by atoms with E-state index >= 15 is 0 Å². The van der Waals surface area contributed by atoms with Gasteiger partial charge in [-0.25, -0.2) is 4.39 Å². The van der Waals surface area contributed by atoms with Crippen LogP contribution in [0.1, 0.15) is 18.4 Å². The third-order valence-corrected chi connectivity index (χ3v) is 2.66. The van der Waals surface area contributed by atoms with Gasteiger partial charge in [-0.05, 0) is 30.5 Å². The predicted octanol–water partition coefficient (Wildman–Crippen LogP) is 1.66. The van der Waals surface area contributed by atoms with Crippen molar-refractivity contribution in [3.8, 4) is 5.75 Å². The van der Waals surface area contributed by atoms with Crippen molar-refractivity contribution in [2.24, 2.45) is 5.73 Å². The second kappa shape index (κ2) is 6.96. The fourth-order valence-corrected chi connectivity index (χ4v) is 1.65. The molecule has 0 fully saturated rings. The number of esters is 1. The summed E-state index contributed by atoms with van der Waals surface area (Å²) in [6.07, 6.45) is 1.30. The Morgan fingerprint density at radius 1 is 1.44 bits per heavy atom. The van der Waals surface area contributed by atoms with Gasteiger partial charge in [0.15, 0.2) is 11.6 Å². The van der Waals surface area contributed by atoms with Crippen molar-refractivity contribution in [2.75, 3.05) is 14.2 Å². The quantitative estimate of drug-likeness (QED) is 0.785. The van der Waals surface area contributed by atoms with E-state index in [-0.39, 0.29) is 24.2 Å². The highest BCUT2D eigenvalue weighted by Gasteiger charge is 2.10. The fraction of sp³-hybridized carbons (Fsp3) is 0.462. The summed E-state index contributed by atoms with van der Waals surface area (Å²) in [6, 6.07) is 4.53. The second-order valence-corrected chi connectivity index (χ2v) is 4.05. The van der Waals surface area contributed by atoms with Gasteiger partial charge in [0.05, 0.1) is 14.2 Å². The average Bonchev–Trinajstić information content (AvgIpc) is 2.36.